The maximum absolute atomic E-state index is 5.96. The van der Waals surface area contributed by atoms with Gasteiger partial charge >= 0.3 is 0 Å². The lowest BCUT2D eigenvalue weighted by molar-refractivity contribution is 0.515. The third-order valence-electron chi connectivity index (χ3n) is 2.80. The van der Waals surface area contributed by atoms with Gasteiger partial charge in [0.1, 0.15) is 11.3 Å². The average Bonchev–Trinajstić information content (AvgIpc) is 2.59. The van der Waals surface area contributed by atoms with E-state index in [0.717, 1.165) is 28.8 Å². The minimum Gasteiger partial charge on any atom is -0.458 e. The fourth-order valence-corrected chi connectivity index (χ4v) is 2.57. The third kappa shape index (κ3) is 2.55. The van der Waals surface area contributed by atoms with Crippen molar-refractivity contribution in [3.05, 3.63) is 34.0 Å². The zero-order chi connectivity index (χ0) is 12.4. The zero-order valence-electron chi connectivity index (χ0n) is 10.5. The lowest BCUT2D eigenvalue weighted by Crippen LogP contribution is -2.07. The number of rotatable bonds is 4. The van der Waals surface area contributed by atoms with Crippen LogP contribution in [0.15, 0.2) is 27.1 Å². The summed E-state index contributed by atoms with van der Waals surface area (Å²) in [7, 11) is 1.95. The van der Waals surface area contributed by atoms with Crippen LogP contribution in [-0.4, -0.2) is 7.05 Å². The van der Waals surface area contributed by atoms with Crippen molar-refractivity contribution in [1.29, 1.82) is 0 Å². The van der Waals surface area contributed by atoms with Gasteiger partial charge in [0.15, 0.2) is 0 Å². The first-order chi connectivity index (χ1) is 8.13. The van der Waals surface area contributed by atoms with E-state index in [1.165, 1.54) is 10.9 Å². The quantitative estimate of drug-likeness (QED) is 0.918. The Kier molecular flexibility index (Phi) is 3.89. The van der Waals surface area contributed by atoms with Gasteiger partial charge in [-0.1, -0.05) is 26.0 Å². The van der Waals surface area contributed by atoms with Crippen molar-refractivity contribution in [2.75, 3.05) is 7.05 Å². The van der Waals surface area contributed by atoms with E-state index in [1.54, 1.807) is 0 Å². The Morgan fingerprint density at radius 2 is 2.12 bits per heavy atom. The van der Waals surface area contributed by atoms with Gasteiger partial charge in [0, 0.05) is 10.9 Å². The van der Waals surface area contributed by atoms with E-state index >= 15 is 0 Å². The van der Waals surface area contributed by atoms with Crippen molar-refractivity contribution in [2.45, 2.75) is 26.8 Å². The van der Waals surface area contributed by atoms with Crippen molar-refractivity contribution < 1.29 is 4.42 Å². The molecule has 1 aromatic carbocycles. The van der Waals surface area contributed by atoms with Crippen molar-refractivity contribution in [1.82, 2.24) is 5.32 Å². The van der Waals surface area contributed by atoms with Gasteiger partial charge in [-0.2, -0.15) is 0 Å². The Hall–Kier alpha value is -0.800. The number of fused-ring (bicyclic) bond motifs is 1. The largest absolute Gasteiger partial charge is 0.458 e. The molecule has 3 heteroatoms. The summed E-state index contributed by atoms with van der Waals surface area (Å²) < 4.78 is 6.99. The van der Waals surface area contributed by atoms with E-state index in [2.05, 4.69) is 47.2 Å². The van der Waals surface area contributed by atoms with Crippen LogP contribution in [0.2, 0.25) is 0 Å². The molecule has 0 fully saturated rings. The Morgan fingerprint density at radius 1 is 1.35 bits per heavy atom. The number of furan rings is 1. The van der Waals surface area contributed by atoms with Crippen LogP contribution in [0.5, 0.6) is 0 Å². The summed E-state index contributed by atoms with van der Waals surface area (Å²) in [5.74, 6) is 1.69. The molecule has 0 atom stereocenters. The molecule has 0 unspecified atom stereocenters. The van der Waals surface area contributed by atoms with Gasteiger partial charge in [0.05, 0.1) is 11.0 Å². The third-order valence-corrected chi connectivity index (χ3v) is 3.43. The van der Waals surface area contributed by atoms with Gasteiger partial charge in [-0.3, -0.25) is 0 Å². The van der Waals surface area contributed by atoms with E-state index < -0.39 is 0 Å². The molecule has 1 heterocycles. The first-order valence-corrected chi connectivity index (χ1v) is 6.76. The highest BCUT2D eigenvalue weighted by Gasteiger charge is 2.16. The van der Waals surface area contributed by atoms with E-state index in [-0.39, 0.29) is 0 Å². The SMILES string of the molecule is CNCc1oc2c(Br)cccc2c1CC(C)C. The monoisotopic (exact) mass is 295 g/mol. The van der Waals surface area contributed by atoms with Crippen LogP contribution in [-0.2, 0) is 13.0 Å². The maximum atomic E-state index is 5.96. The van der Waals surface area contributed by atoms with Crippen molar-refractivity contribution >= 4 is 26.9 Å². The van der Waals surface area contributed by atoms with Crippen molar-refractivity contribution in [2.24, 2.45) is 5.92 Å². The summed E-state index contributed by atoms with van der Waals surface area (Å²) in [6.45, 7) is 5.25. The summed E-state index contributed by atoms with van der Waals surface area (Å²) >= 11 is 3.55. The topological polar surface area (TPSA) is 25.2 Å². The van der Waals surface area contributed by atoms with Crippen LogP contribution >= 0.6 is 15.9 Å². The molecule has 0 radical (unpaired) electrons. The van der Waals surface area contributed by atoms with Crippen LogP contribution in [0.25, 0.3) is 11.0 Å². The standard InChI is InChI=1S/C14H18BrNO/c1-9(2)7-11-10-5-4-6-12(15)14(10)17-13(11)8-16-3/h4-6,9,16H,7-8H2,1-3H3. The van der Waals surface area contributed by atoms with E-state index in [9.17, 15) is 0 Å². The Morgan fingerprint density at radius 3 is 2.76 bits per heavy atom. The second kappa shape index (κ2) is 5.23. The van der Waals surface area contributed by atoms with Gasteiger partial charge in [-0.05, 0) is 41.4 Å². The molecule has 0 amide bonds. The fraction of sp³-hybridized carbons (Fsp3) is 0.429. The average molecular weight is 296 g/mol. The van der Waals surface area contributed by atoms with Gasteiger partial charge < -0.3 is 9.73 Å². The molecule has 0 saturated heterocycles. The first kappa shape index (κ1) is 12.7. The van der Waals surface area contributed by atoms with E-state index in [0.29, 0.717) is 5.92 Å². The van der Waals surface area contributed by atoms with Gasteiger partial charge in [0.25, 0.3) is 0 Å². The minimum absolute atomic E-state index is 0.630. The predicted octanol–water partition coefficient (Wildman–Crippen LogP) is 4.11. The molecule has 1 aromatic heterocycles. The molecule has 2 nitrogen and oxygen atoms in total. The Balaban J connectivity index is 2.58. The fourth-order valence-electron chi connectivity index (χ4n) is 2.12. The highest BCUT2D eigenvalue weighted by molar-refractivity contribution is 9.10. The summed E-state index contributed by atoms with van der Waals surface area (Å²) in [5, 5.41) is 4.40. The van der Waals surface area contributed by atoms with Gasteiger partial charge in [-0.25, -0.2) is 0 Å². The second-order valence-electron chi connectivity index (χ2n) is 4.75. The molecule has 0 aliphatic heterocycles. The number of para-hydroxylation sites is 1. The number of nitrogens with one attached hydrogen (secondary N) is 1. The van der Waals surface area contributed by atoms with E-state index in [4.69, 9.17) is 4.42 Å². The molecule has 0 spiro atoms. The van der Waals surface area contributed by atoms with Crippen molar-refractivity contribution in [3.63, 3.8) is 0 Å². The number of benzene rings is 1. The molecular formula is C14H18BrNO. The molecule has 2 rings (SSSR count). The molecule has 2 aromatic rings. The summed E-state index contributed by atoms with van der Waals surface area (Å²) in [4.78, 5) is 0. The van der Waals surface area contributed by atoms with Gasteiger partial charge in [-0.15, -0.1) is 0 Å². The Labute approximate surface area is 111 Å². The number of halogens is 1. The molecule has 0 aliphatic carbocycles. The van der Waals surface area contributed by atoms with Crippen LogP contribution in [0.4, 0.5) is 0 Å². The van der Waals surface area contributed by atoms with Crippen LogP contribution < -0.4 is 5.32 Å². The predicted molar refractivity (Wildman–Crippen MR) is 75.2 cm³/mol. The molecule has 0 aliphatic rings. The summed E-state index contributed by atoms with van der Waals surface area (Å²) in [5.41, 5.74) is 2.30. The van der Waals surface area contributed by atoms with E-state index in [1.807, 2.05) is 13.1 Å². The van der Waals surface area contributed by atoms with Crippen LogP contribution in [0, 0.1) is 5.92 Å². The molecule has 17 heavy (non-hydrogen) atoms. The maximum Gasteiger partial charge on any atom is 0.148 e. The van der Waals surface area contributed by atoms with Gasteiger partial charge in [0.2, 0.25) is 0 Å². The molecule has 0 bridgehead atoms. The van der Waals surface area contributed by atoms with Crippen LogP contribution in [0.1, 0.15) is 25.2 Å². The molecular weight excluding hydrogens is 278 g/mol. The summed E-state index contributed by atoms with van der Waals surface area (Å²) in [6.07, 6.45) is 1.06. The molecule has 1 N–H and O–H groups in total. The second-order valence-corrected chi connectivity index (χ2v) is 5.60. The molecule has 92 valence electrons. The smallest absolute Gasteiger partial charge is 0.148 e. The normalized spacial score (nSPS) is 11.6. The Bertz CT molecular complexity index is 516. The summed E-state index contributed by atoms with van der Waals surface area (Å²) in [6, 6.07) is 6.23. The van der Waals surface area contributed by atoms with Crippen molar-refractivity contribution in [3.8, 4) is 0 Å². The molecule has 0 saturated carbocycles. The van der Waals surface area contributed by atoms with Crippen LogP contribution in [0.3, 0.4) is 0 Å². The minimum atomic E-state index is 0.630. The zero-order valence-corrected chi connectivity index (χ0v) is 12.1. The number of hydrogen-bond donors (Lipinski definition) is 1. The first-order valence-electron chi connectivity index (χ1n) is 5.96. The number of hydrogen-bond acceptors (Lipinski definition) is 2. The lowest BCUT2D eigenvalue weighted by atomic mass is 10.00. The highest BCUT2D eigenvalue weighted by Crippen LogP contribution is 2.32. The highest BCUT2D eigenvalue weighted by atomic mass is 79.9. The lowest BCUT2D eigenvalue weighted by Gasteiger charge is -2.05.